The molecule has 1 saturated heterocycles. The normalized spacial score (nSPS) is 13.6. The molecule has 29 heavy (non-hydrogen) atoms. The lowest BCUT2D eigenvalue weighted by molar-refractivity contribution is -0.115. The lowest BCUT2D eigenvalue weighted by atomic mass is 10.1. The Kier molecular flexibility index (Phi) is 5.12. The number of carbonyl (C=O) groups excluding carboxylic acids is 2. The molecule has 0 unspecified atom stereocenters. The summed E-state index contributed by atoms with van der Waals surface area (Å²) in [6.45, 7) is 5.67. The summed E-state index contributed by atoms with van der Waals surface area (Å²) in [5, 5.41) is 6.71. The number of ether oxygens (including phenoxy) is 1. The topological polar surface area (TPSA) is 86.5 Å². The van der Waals surface area contributed by atoms with Gasteiger partial charge in [-0.25, -0.2) is 4.79 Å². The fourth-order valence-corrected chi connectivity index (χ4v) is 3.63. The molecule has 7 nitrogen and oxygen atoms in total. The van der Waals surface area contributed by atoms with Gasteiger partial charge in [0.2, 0.25) is 5.91 Å². The highest BCUT2D eigenvalue weighted by Gasteiger charge is 2.22. The molecule has 1 aromatic heterocycles. The van der Waals surface area contributed by atoms with Crippen molar-refractivity contribution in [1.29, 1.82) is 0 Å². The number of urea groups is 1. The second-order valence-corrected chi connectivity index (χ2v) is 7.03. The van der Waals surface area contributed by atoms with E-state index in [9.17, 15) is 9.59 Å². The fraction of sp³-hybridized carbons (Fsp3) is 0.273. The first-order valence-electron chi connectivity index (χ1n) is 9.74. The number of nitrogens with zero attached hydrogens (tertiary/aromatic N) is 1. The average molecular weight is 392 g/mol. The zero-order valence-electron chi connectivity index (χ0n) is 16.5. The number of fused-ring (bicyclic) bond motifs is 1. The number of rotatable bonds is 6. The number of H-pyrrole nitrogens is 1. The van der Waals surface area contributed by atoms with Gasteiger partial charge in [0, 0.05) is 41.6 Å². The molecule has 7 heteroatoms. The second kappa shape index (κ2) is 7.87. The zero-order chi connectivity index (χ0) is 20.4. The summed E-state index contributed by atoms with van der Waals surface area (Å²) in [4.78, 5) is 29.6. The van der Waals surface area contributed by atoms with E-state index in [0.29, 0.717) is 25.4 Å². The van der Waals surface area contributed by atoms with E-state index in [4.69, 9.17) is 4.74 Å². The van der Waals surface area contributed by atoms with Gasteiger partial charge in [0.15, 0.2) is 0 Å². The van der Waals surface area contributed by atoms with Crippen LogP contribution in [0.5, 0.6) is 5.75 Å². The number of aryl methyl sites for hydroxylation is 1. The number of hydrogen-bond donors (Lipinski definition) is 3. The van der Waals surface area contributed by atoms with Gasteiger partial charge in [-0.2, -0.15) is 0 Å². The Morgan fingerprint density at radius 2 is 2.14 bits per heavy atom. The maximum absolute atomic E-state index is 12.8. The van der Waals surface area contributed by atoms with Crippen molar-refractivity contribution < 1.29 is 14.3 Å². The SMILES string of the molecule is CCOc1cccc2[nH]cc(CC(=O)Nc3cc(N4CCNC4=O)ccc3C)c12. The van der Waals surface area contributed by atoms with Gasteiger partial charge in [0.1, 0.15) is 5.75 Å². The molecule has 150 valence electrons. The third kappa shape index (κ3) is 3.76. The Labute approximate surface area is 169 Å². The van der Waals surface area contributed by atoms with Gasteiger partial charge in [-0.1, -0.05) is 12.1 Å². The van der Waals surface area contributed by atoms with Gasteiger partial charge in [-0.3, -0.25) is 9.69 Å². The minimum atomic E-state index is -0.122. The number of benzene rings is 2. The molecule has 1 fully saturated rings. The number of hydrogen-bond acceptors (Lipinski definition) is 3. The van der Waals surface area contributed by atoms with Crippen LogP contribution in [0.3, 0.4) is 0 Å². The van der Waals surface area contributed by atoms with Crippen molar-refractivity contribution in [1.82, 2.24) is 10.3 Å². The van der Waals surface area contributed by atoms with Gasteiger partial charge in [-0.05, 0) is 49.2 Å². The molecular weight excluding hydrogens is 368 g/mol. The van der Waals surface area contributed by atoms with E-state index in [1.165, 1.54) is 0 Å². The summed E-state index contributed by atoms with van der Waals surface area (Å²) < 4.78 is 5.72. The summed E-state index contributed by atoms with van der Waals surface area (Å²) in [5.41, 5.74) is 4.24. The van der Waals surface area contributed by atoms with Gasteiger partial charge >= 0.3 is 6.03 Å². The molecule has 4 rings (SSSR count). The second-order valence-electron chi connectivity index (χ2n) is 7.03. The van der Waals surface area contributed by atoms with E-state index >= 15 is 0 Å². The Morgan fingerprint density at radius 3 is 2.90 bits per heavy atom. The predicted octanol–water partition coefficient (Wildman–Crippen LogP) is 3.59. The van der Waals surface area contributed by atoms with Crippen molar-refractivity contribution in [2.75, 3.05) is 29.9 Å². The van der Waals surface area contributed by atoms with Crippen LogP contribution in [0.25, 0.3) is 10.9 Å². The number of carbonyl (C=O) groups is 2. The highest BCUT2D eigenvalue weighted by atomic mass is 16.5. The fourth-order valence-electron chi connectivity index (χ4n) is 3.63. The van der Waals surface area contributed by atoms with Crippen LogP contribution in [0.2, 0.25) is 0 Å². The maximum atomic E-state index is 12.8. The van der Waals surface area contributed by atoms with Crippen LogP contribution in [0.4, 0.5) is 16.2 Å². The lowest BCUT2D eigenvalue weighted by Crippen LogP contribution is -2.27. The van der Waals surface area contributed by atoms with Crippen molar-refractivity contribution in [3.63, 3.8) is 0 Å². The summed E-state index contributed by atoms with van der Waals surface area (Å²) in [5.74, 6) is 0.649. The maximum Gasteiger partial charge on any atom is 0.321 e. The highest BCUT2D eigenvalue weighted by Crippen LogP contribution is 2.30. The molecule has 0 radical (unpaired) electrons. The summed E-state index contributed by atoms with van der Waals surface area (Å²) in [7, 11) is 0. The highest BCUT2D eigenvalue weighted by molar-refractivity contribution is 5.99. The van der Waals surface area contributed by atoms with Crippen LogP contribution in [0, 0.1) is 6.92 Å². The Morgan fingerprint density at radius 1 is 1.28 bits per heavy atom. The molecular formula is C22H24N4O3. The van der Waals surface area contributed by atoms with Crippen molar-refractivity contribution in [2.45, 2.75) is 20.3 Å². The van der Waals surface area contributed by atoms with Crippen molar-refractivity contribution in [3.8, 4) is 5.75 Å². The third-order valence-electron chi connectivity index (χ3n) is 5.06. The largest absolute Gasteiger partial charge is 0.493 e. The summed E-state index contributed by atoms with van der Waals surface area (Å²) >= 11 is 0. The zero-order valence-corrected chi connectivity index (χ0v) is 16.5. The number of anilines is 2. The molecule has 1 aliphatic heterocycles. The van der Waals surface area contributed by atoms with E-state index in [-0.39, 0.29) is 18.4 Å². The first-order chi connectivity index (χ1) is 14.1. The first kappa shape index (κ1) is 18.9. The van der Waals surface area contributed by atoms with Gasteiger partial charge in [0.25, 0.3) is 0 Å². The molecule has 0 spiro atoms. The third-order valence-corrected chi connectivity index (χ3v) is 5.06. The monoisotopic (exact) mass is 392 g/mol. The Hall–Kier alpha value is -3.48. The molecule has 0 bridgehead atoms. The van der Waals surface area contributed by atoms with Gasteiger partial charge < -0.3 is 20.4 Å². The van der Waals surface area contributed by atoms with Crippen LogP contribution in [0.15, 0.2) is 42.6 Å². The number of nitrogens with one attached hydrogen (secondary N) is 3. The molecule has 2 aromatic carbocycles. The Bertz CT molecular complexity index is 1070. The molecule has 3 N–H and O–H groups in total. The number of amides is 3. The van der Waals surface area contributed by atoms with Crippen LogP contribution in [-0.4, -0.2) is 36.6 Å². The molecule has 0 saturated carbocycles. The van der Waals surface area contributed by atoms with E-state index in [1.807, 2.05) is 56.4 Å². The summed E-state index contributed by atoms with van der Waals surface area (Å²) in [6, 6.07) is 11.3. The molecule has 0 atom stereocenters. The van der Waals surface area contributed by atoms with Crippen molar-refractivity contribution in [3.05, 3.63) is 53.7 Å². The standard InChI is InChI=1S/C22H24N4O3/c1-3-29-19-6-4-5-17-21(19)15(13-24-17)11-20(27)25-18-12-16(8-7-14(18)2)26-10-9-23-22(26)28/h4-8,12-13,24H,3,9-11H2,1-2H3,(H,23,28)(H,25,27). The average Bonchev–Trinajstić information content (AvgIpc) is 3.31. The summed E-state index contributed by atoms with van der Waals surface area (Å²) in [6.07, 6.45) is 2.07. The predicted molar refractivity (Wildman–Crippen MR) is 114 cm³/mol. The lowest BCUT2D eigenvalue weighted by Gasteiger charge is -2.17. The molecule has 1 aliphatic rings. The van der Waals surface area contributed by atoms with Gasteiger partial charge in [0.05, 0.1) is 13.0 Å². The van der Waals surface area contributed by atoms with E-state index < -0.39 is 0 Å². The Balaban J connectivity index is 1.55. The minimum absolute atomic E-state index is 0.117. The van der Waals surface area contributed by atoms with Crippen molar-refractivity contribution >= 4 is 34.2 Å². The minimum Gasteiger partial charge on any atom is -0.493 e. The molecule has 3 amide bonds. The first-order valence-corrected chi connectivity index (χ1v) is 9.74. The quantitative estimate of drug-likeness (QED) is 0.599. The van der Waals surface area contributed by atoms with Crippen LogP contribution in [-0.2, 0) is 11.2 Å². The number of aromatic amines is 1. The van der Waals surface area contributed by atoms with Crippen LogP contribution >= 0.6 is 0 Å². The molecule has 0 aliphatic carbocycles. The number of aromatic nitrogens is 1. The van der Waals surface area contributed by atoms with Gasteiger partial charge in [-0.15, -0.1) is 0 Å². The van der Waals surface area contributed by atoms with Crippen LogP contribution < -0.4 is 20.3 Å². The van der Waals surface area contributed by atoms with E-state index in [1.54, 1.807) is 4.90 Å². The smallest absolute Gasteiger partial charge is 0.321 e. The molecule has 2 heterocycles. The molecule has 3 aromatic rings. The van der Waals surface area contributed by atoms with Crippen molar-refractivity contribution in [2.24, 2.45) is 0 Å². The van der Waals surface area contributed by atoms with E-state index in [2.05, 4.69) is 15.6 Å². The van der Waals surface area contributed by atoms with Crippen LogP contribution in [0.1, 0.15) is 18.1 Å². The van der Waals surface area contributed by atoms with E-state index in [0.717, 1.165) is 33.5 Å².